The second-order valence-electron chi connectivity index (χ2n) is 3.60. The molecule has 0 aromatic carbocycles. The van der Waals surface area contributed by atoms with Gasteiger partial charge in [0.2, 0.25) is 5.91 Å². The predicted octanol–water partition coefficient (Wildman–Crippen LogP) is 2.12. The van der Waals surface area contributed by atoms with Gasteiger partial charge in [-0.1, -0.05) is 11.6 Å². The van der Waals surface area contributed by atoms with Crippen molar-refractivity contribution in [2.24, 2.45) is 0 Å². The molecule has 82 valence electrons. The van der Waals surface area contributed by atoms with Crippen LogP contribution in [0.4, 0.5) is 5.00 Å². The first-order valence-electron chi connectivity index (χ1n) is 4.98. The van der Waals surface area contributed by atoms with E-state index in [0.717, 1.165) is 28.8 Å². The molecule has 1 aromatic rings. The van der Waals surface area contributed by atoms with Crippen LogP contribution in [0.3, 0.4) is 0 Å². The number of carbonyl (C=O) groups excluding carboxylic acids is 1. The Balaban J connectivity index is 2.22. The minimum atomic E-state index is -0.103. The lowest BCUT2D eigenvalue weighted by molar-refractivity contribution is -0.119. The van der Waals surface area contributed by atoms with E-state index in [0.29, 0.717) is 0 Å². The van der Waals surface area contributed by atoms with Gasteiger partial charge in [-0.05, 0) is 32.0 Å². The second-order valence-corrected chi connectivity index (χ2v) is 5.29. The zero-order valence-corrected chi connectivity index (χ0v) is 10.1. The fourth-order valence-corrected chi connectivity index (χ4v) is 2.72. The average molecular weight is 245 g/mol. The van der Waals surface area contributed by atoms with Crippen LogP contribution in [-0.2, 0) is 4.79 Å². The molecule has 0 radical (unpaired) electrons. The van der Waals surface area contributed by atoms with Gasteiger partial charge in [-0.2, -0.15) is 0 Å². The predicted molar refractivity (Wildman–Crippen MR) is 63.8 cm³/mol. The molecule has 3 nitrogen and oxygen atoms in total. The summed E-state index contributed by atoms with van der Waals surface area (Å²) in [5, 5.41) is 4.13. The number of halogens is 1. The summed E-state index contributed by atoms with van der Waals surface area (Å²) in [6, 6.07) is 3.63. The van der Waals surface area contributed by atoms with Crippen molar-refractivity contribution in [1.82, 2.24) is 5.32 Å². The third-order valence-electron chi connectivity index (χ3n) is 2.47. The van der Waals surface area contributed by atoms with Crippen LogP contribution >= 0.6 is 22.9 Å². The summed E-state index contributed by atoms with van der Waals surface area (Å²) < 4.78 is 0.725. The van der Waals surface area contributed by atoms with E-state index in [1.165, 1.54) is 11.3 Å². The van der Waals surface area contributed by atoms with Crippen LogP contribution in [0.2, 0.25) is 4.34 Å². The summed E-state index contributed by atoms with van der Waals surface area (Å²) in [7, 11) is 0. The summed E-state index contributed by atoms with van der Waals surface area (Å²) in [5.41, 5.74) is 0. The van der Waals surface area contributed by atoms with E-state index in [-0.39, 0.29) is 11.9 Å². The highest BCUT2D eigenvalue weighted by Gasteiger charge is 2.24. The monoisotopic (exact) mass is 244 g/mol. The molecule has 1 fully saturated rings. The first-order chi connectivity index (χ1) is 7.18. The van der Waals surface area contributed by atoms with E-state index in [1.807, 2.05) is 24.0 Å². The quantitative estimate of drug-likeness (QED) is 0.821. The van der Waals surface area contributed by atoms with E-state index in [4.69, 9.17) is 11.6 Å². The van der Waals surface area contributed by atoms with Gasteiger partial charge < -0.3 is 10.2 Å². The number of nitrogens with one attached hydrogen (secondary N) is 1. The summed E-state index contributed by atoms with van der Waals surface area (Å²) in [6.07, 6.45) is 0.978. The Kier molecular flexibility index (Phi) is 3.29. The number of nitrogens with zero attached hydrogens (tertiary/aromatic N) is 1. The lowest BCUT2D eigenvalue weighted by atomic mass is 10.3. The van der Waals surface area contributed by atoms with Gasteiger partial charge in [-0.15, -0.1) is 11.3 Å². The van der Waals surface area contributed by atoms with Crippen LogP contribution in [-0.4, -0.2) is 25.0 Å². The van der Waals surface area contributed by atoms with Gasteiger partial charge in [0, 0.05) is 6.54 Å². The molecule has 1 saturated heterocycles. The summed E-state index contributed by atoms with van der Waals surface area (Å²) >= 11 is 7.32. The minimum Gasteiger partial charge on any atom is -0.306 e. The number of anilines is 1. The van der Waals surface area contributed by atoms with Gasteiger partial charge in [-0.25, -0.2) is 0 Å². The highest BCUT2D eigenvalue weighted by Crippen LogP contribution is 2.30. The Morgan fingerprint density at radius 3 is 3.07 bits per heavy atom. The first-order valence-corrected chi connectivity index (χ1v) is 6.18. The van der Waals surface area contributed by atoms with Crippen LogP contribution in [0.5, 0.6) is 0 Å². The third kappa shape index (κ3) is 2.33. The fourth-order valence-electron chi connectivity index (χ4n) is 1.66. The first kappa shape index (κ1) is 10.9. The van der Waals surface area contributed by atoms with Crippen molar-refractivity contribution in [2.75, 3.05) is 18.0 Å². The molecule has 5 heteroatoms. The van der Waals surface area contributed by atoms with E-state index < -0.39 is 0 Å². The average Bonchev–Trinajstić information content (AvgIpc) is 2.56. The maximum absolute atomic E-state index is 12.0. The van der Waals surface area contributed by atoms with Crippen molar-refractivity contribution in [3.05, 3.63) is 16.5 Å². The van der Waals surface area contributed by atoms with Crippen molar-refractivity contribution in [3.8, 4) is 0 Å². The number of amides is 1. The number of hydrogen-bond donors (Lipinski definition) is 1. The number of hydrogen-bond acceptors (Lipinski definition) is 3. The number of rotatable bonds is 1. The molecule has 1 aliphatic rings. The Morgan fingerprint density at radius 1 is 1.60 bits per heavy atom. The summed E-state index contributed by atoms with van der Waals surface area (Å²) in [5.74, 6) is 0.131. The second kappa shape index (κ2) is 4.51. The fraction of sp³-hybridized carbons (Fsp3) is 0.500. The molecular weight excluding hydrogens is 232 g/mol. The molecule has 1 aliphatic heterocycles. The summed E-state index contributed by atoms with van der Waals surface area (Å²) in [6.45, 7) is 3.56. The molecule has 0 bridgehead atoms. The Morgan fingerprint density at radius 2 is 2.40 bits per heavy atom. The molecular formula is C10H13ClN2OS. The van der Waals surface area contributed by atoms with Gasteiger partial charge in [0.15, 0.2) is 0 Å². The Labute approximate surface area is 98.0 Å². The molecule has 2 rings (SSSR count). The van der Waals surface area contributed by atoms with Crippen molar-refractivity contribution in [3.63, 3.8) is 0 Å². The normalized spacial score (nSPS) is 22.9. The van der Waals surface area contributed by atoms with Crippen LogP contribution in [0.1, 0.15) is 13.3 Å². The van der Waals surface area contributed by atoms with Gasteiger partial charge in [0.25, 0.3) is 0 Å². The Bertz CT molecular complexity index is 366. The van der Waals surface area contributed by atoms with Crippen molar-refractivity contribution < 1.29 is 4.79 Å². The van der Waals surface area contributed by atoms with Gasteiger partial charge >= 0.3 is 0 Å². The van der Waals surface area contributed by atoms with Gasteiger partial charge in [-0.3, -0.25) is 4.79 Å². The van der Waals surface area contributed by atoms with E-state index in [9.17, 15) is 4.79 Å². The lowest BCUT2D eigenvalue weighted by Gasteiger charge is -2.20. The topological polar surface area (TPSA) is 32.3 Å². The molecule has 1 atom stereocenters. The van der Waals surface area contributed by atoms with Gasteiger partial charge in [0.05, 0.1) is 15.4 Å². The van der Waals surface area contributed by atoms with Crippen LogP contribution < -0.4 is 10.2 Å². The molecule has 1 amide bonds. The van der Waals surface area contributed by atoms with E-state index in [1.54, 1.807) is 0 Å². The van der Waals surface area contributed by atoms with E-state index >= 15 is 0 Å². The zero-order chi connectivity index (χ0) is 10.8. The molecule has 0 aliphatic carbocycles. The van der Waals surface area contributed by atoms with Crippen LogP contribution in [0.25, 0.3) is 0 Å². The van der Waals surface area contributed by atoms with E-state index in [2.05, 4.69) is 5.32 Å². The molecule has 1 unspecified atom stereocenters. The molecule has 1 aromatic heterocycles. The molecule has 15 heavy (non-hydrogen) atoms. The van der Waals surface area contributed by atoms with Gasteiger partial charge in [0.1, 0.15) is 0 Å². The Hall–Kier alpha value is -0.580. The highest BCUT2D eigenvalue weighted by molar-refractivity contribution is 7.20. The maximum atomic E-state index is 12.0. The molecule has 0 saturated carbocycles. The zero-order valence-electron chi connectivity index (χ0n) is 8.50. The largest absolute Gasteiger partial charge is 0.306 e. The van der Waals surface area contributed by atoms with Crippen molar-refractivity contribution in [1.29, 1.82) is 0 Å². The smallest absolute Gasteiger partial charge is 0.244 e. The molecule has 0 spiro atoms. The SMILES string of the molecule is CC1NCCCN(c2ccc(Cl)s2)C1=O. The number of thiophene rings is 1. The third-order valence-corrected chi connectivity index (χ3v) is 3.72. The summed E-state index contributed by atoms with van der Waals surface area (Å²) in [4.78, 5) is 13.8. The van der Waals surface area contributed by atoms with Crippen LogP contribution in [0, 0.1) is 0 Å². The highest BCUT2D eigenvalue weighted by atomic mass is 35.5. The molecule has 2 heterocycles. The number of carbonyl (C=O) groups is 1. The lowest BCUT2D eigenvalue weighted by Crippen LogP contribution is -2.41. The van der Waals surface area contributed by atoms with Crippen LogP contribution in [0.15, 0.2) is 12.1 Å². The standard InChI is InChI=1S/C10H13ClN2OS/c1-7-10(14)13(6-2-5-12-7)9-4-3-8(11)15-9/h3-4,7,12H,2,5-6H2,1H3. The minimum absolute atomic E-state index is 0.103. The van der Waals surface area contributed by atoms with Crippen molar-refractivity contribution >= 4 is 33.8 Å². The maximum Gasteiger partial charge on any atom is 0.244 e. The van der Waals surface area contributed by atoms with Crippen molar-refractivity contribution in [2.45, 2.75) is 19.4 Å². The molecule has 1 N–H and O–H groups in total.